The summed E-state index contributed by atoms with van der Waals surface area (Å²) >= 11 is 0. The van der Waals surface area contributed by atoms with E-state index in [9.17, 15) is 4.79 Å². The van der Waals surface area contributed by atoms with Crippen LogP contribution in [-0.2, 0) is 0 Å². The van der Waals surface area contributed by atoms with Crippen LogP contribution in [0.3, 0.4) is 0 Å². The van der Waals surface area contributed by atoms with Crippen LogP contribution in [0.5, 0.6) is 11.5 Å². The molecule has 0 bridgehead atoms. The van der Waals surface area contributed by atoms with Crippen molar-refractivity contribution in [2.75, 3.05) is 32.0 Å². The van der Waals surface area contributed by atoms with E-state index < -0.39 is 0 Å². The Morgan fingerprint density at radius 1 is 1.17 bits per heavy atom. The van der Waals surface area contributed by atoms with Crippen molar-refractivity contribution in [1.29, 1.82) is 0 Å². The minimum absolute atomic E-state index is 0.200. The number of nitrogens with one attached hydrogen (secondary N) is 2. The van der Waals surface area contributed by atoms with E-state index in [1.165, 1.54) is 0 Å². The molecule has 0 spiro atoms. The highest BCUT2D eigenvalue weighted by Crippen LogP contribution is 2.28. The molecule has 1 saturated heterocycles. The number of anilines is 1. The third kappa shape index (κ3) is 4.49. The molecule has 1 aliphatic rings. The number of nitrogens with zero attached hydrogens (tertiary/aromatic N) is 1. The van der Waals surface area contributed by atoms with Gasteiger partial charge in [0, 0.05) is 13.1 Å². The first kappa shape index (κ1) is 16.3. The summed E-state index contributed by atoms with van der Waals surface area (Å²) in [5.74, 6) is 1.89. The monoisotopic (exact) mass is 325 g/mol. The molecule has 0 unspecified atom stereocenters. The van der Waals surface area contributed by atoms with Crippen molar-refractivity contribution in [3.63, 3.8) is 0 Å². The Bertz CT molecular complexity index is 675. The number of ether oxygens (including phenoxy) is 1. The lowest BCUT2D eigenvalue weighted by atomic mass is 10.1. The van der Waals surface area contributed by atoms with Crippen LogP contribution in [0.1, 0.15) is 6.42 Å². The maximum absolute atomic E-state index is 12.2. The second-order valence-electron chi connectivity index (χ2n) is 6.16. The van der Waals surface area contributed by atoms with Crippen LogP contribution in [-0.4, -0.2) is 37.6 Å². The van der Waals surface area contributed by atoms with Gasteiger partial charge in [-0.25, -0.2) is 4.79 Å². The number of hydrogen-bond acceptors (Lipinski definition) is 3. The van der Waals surface area contributed by atoms with Crippen molar-refractivity contribution >= 4 is 11.7 Å². The van der Waals surface area contributed by atoms with Crippen LogP contribution in [0.25, 0.3) is 0 Å². The topological polar surface area (TPSA) is 53.6 Å². The Morgan fingerprint density at radius 2 is 1.92 bits per heavy atom. The van der Waals surface area contributed by atoms with Crippen LogP contribution >= 0.6 is 0 Å². The van der Waals surface area contributed by atoms with Gasteiger partial charge in [0.1, 0.15) is 5.75 Å². The number of rotatable bonds is 5. The van der Waals surface area contributed by atoms with E-state index in [-0.39, 0.29) is 6.03 Å². The Balaban J connectivity index is 1.57. The molecule has 126 valence electrons. The molecule has 3 rings (SSSR count). The molecule has 2 aromatic rings. The SMILES string of the molecule is CN1CC[C@@H](CNC(=O)Nc2ccccc2Oc2ccccc2)C1. The molecule has 1 fully saturated rings. The Hall–Kier alpha value is -2.53. The van der Waals surface area contributed by atoms with Crippen molar-refractivity contribution in [3.8, 4) is 11.5 Å². The van der Waals surface area contributed by atoms with Gasteiger partial charge in [0.15, 0.2) is 5.75 Å². The van der Waals surface area contributed by atoms with Gasteiger partial charge < -0.3 is 20.3 Å². The lowest BCUT2D eigenvalue weighted by Crippen LogP contribution is -2.33. The smallest absolute Gasteiger partial charge is 0.319 e. The minimum Gasteiger partial charge on any atom is -0.455 e. The molecular weight excluding hydrogens is 302 g/mol. The molecule has 2 amide bonds. The highest BCUT2D eigenvalue weighted by molar-refractivity contribution is 5.90. The first-order chi connectivity index (χ1) is 11.7. The average molecular weight is 325 g/mol. The summed E-state index contributed by atoms with van der Waals surface area (Å²) in [6, 6.07) is 16.8. The van der Waals surface area contributed by atoms with E-state index in [2.05, 4.69) is 22.6 Å². The van der Waals surface area contributed by atoms with Gasteiger partial charge in [-0.2, -0.15) is 0 Å². The maximum atomic E-state index is 12.2. The number of benzene rings is 2. The minimum atomic E-state index is -0.200. The van der Waals surface area contributed by atoms with Gasteiger partial charge >= 0.3 is 6.03 Å². The molecular formula is C19H23N3O2. The fourth-order valence-corrected chi connectivity index (χ4v) is 2.87. The van der Waals surface area contributed by atoms with Gasteiger partial charge in [-0.3, -0.25) is 0 Å². The van der Waals surface area contributed by atoms with E-state index in [0.717, 1.165) is 25.3 Å². The number of likely N-dealkylation sites (tertiary alicyclic amines) is 1. The highest BCUT2D eigenvalue weighted by Gasteiger charge is 2.19. The van der Waals surface area contributed by atoms with Crippen LogP contribution in [0.15, 0.2) is 54.6 Å². The third-order valence-corrected chi connectivity index (χ3v) is 4.15. The second-order valence-corrected chi connectivity index (χ2v) is 6.16. The second kappa shape index (κ2) is 7.84. The lowest BCUT2D eigenvalue weighted by molar-refractivity contribution is 0.250. The molecule has 0 radical (unpaired) electrons. The highest BCUT2D eigenvalue weighted by atomic mass is 16.5. The molecule has 0 saturated carbocycles. The number of carbonyl (C=O) groups is 1. The third-order valence-electron chi connectivity index (χ3n) is 4.15. The molecule has 0 aliphatic carbocycles. The number of para-hydroxylation sites is 3. The molecule has 1 aliphatic heterocycles. The van der Waals surface area contributed by atoms with E-state index in [4.69, 9.17) is 4.74 Å². The molecule has 5 nitrogen and oxygen atoms in total. The van der Waals surface area contributed by atoms with Crippen LogP contribution in [0, 0.1) is 5.92 Å². The predicted octanol–water partition coefficient (Wildman–Crippen LogP) is 3.55. The summed E-state index contributed by atoms with van der Waals surface area (Å²) in [6.45, 7) is 2.83. The van der Waals surface area contributed by atoms with Gasteiger partial charge in [-0.15, -0.1) is 0 Å². The number of amides is 2. The number of carbonyl (C=O) groups excluding carboxylic acids is 1. The average Bonchev–Trinajstić information content (AvgIpc) is 3.01. The summed E-state index contributed by atoms with van der Waals surface area (Å²) in [6.07, 6.45) is 1.13. The van der Waals surface area contributed by atoms with Gasteiger partial charge in [0.25, 0.3) is 0 Å². The molecule has 5 heteroatoms. The number of hydrogen-bond donors (Lipinski definition) is 2. The summed E-state index contributed by atoms with van der Waals surface area (Å²) < 4.78 is 5.85. The molecule has 1 atom stereocenters. The van der Waals surface area contributed by atoms with Crippen LogP contribution in [0.2, 0.25) is 0 Å². The van der Waals surface area contributed by atoms with Crippen molar-refractivity contribution < 1.29 is 9.53 Å². The fraction of sp³-hybridized carbons (Fsp3) is 0.316. The van der Waals surface area contributed by atoms with E-state index in [1.807, 2.05) is 54.6 Å². The quantitative estimate of drug-likeness (QED) is 0.884. The zero-order valence-electron chi connectivity index (χ0n) is 13.9. The van der Waals surface area contributed by atoms with Crippen LogP contribution < -0.4 is 15.4 Å². The Morgan fingerprint density at radius 3 is 2.67 bits per heavy atom. The molecule has 2 aromatic carbocycles. The largest absolute Gasteiger partial charge is 0.455 e. The van der Waals surface area contributed by atoms with Gasteiger partial charge in [-0.05, 0) is 50.2 Å². The summed E-state index contributed by atoms with van der Waals surface area (Å²) in [5.41, 5.74) is 0.655. The maximum Gasteiger partial charge on any atom is 0.319 e. The van der Waals surface area contributed by atoms with Crippen molar-refractivity contribution in [1.82, 2.24) is 10.2 Å². The van der Waals surface area contributed by atoms with E-state index in [0.29, 0.717) is 23.9 Å². The first-order valence-corrected chi connectivity index (χ1v) is 8.26. The predicted molar refractivity (Wildman–Crippen MR) is 95.6 cm³/mol. The lowest BCUT2D eigenvalue weighted by Gasteiger charge is -2.14. The van der Waals surface area contributed by atoms with Crippen molar-refractivity contribution in [2.24, 2.45) is 5.92 Å². The van der Waals surface area contributed by atoms with Gasteiger partial charge in [0.2, 0.25) is 0 Å². The number of urea groups is 1. The summed E-state index contributed by atoms with van der Waals surface area (Å²) in [7, 11) is 2.11. The zero-order valence-corrected chi connectivity index (χ0v) is 13.9. The molecule has 1 heterocycles. The van der Waals surface area contributed by atoms with Gasteiger partial charge in [-0.1, -0.05) is 30.3 Å². The standard InChI is InChI=1S/C19H23N3O2/c1-22-12-11-15(14-22)13-20-19(23)21-17-9-5-6-10-18(17)24-16-7-3-2-4-8-16/h2-10,15H,11-14H2,1H3,(H2,20,21,23)/t15-/m0/s1. The molecule has 2 N–H and O–H groups in total. The summed E-state index contributed by atoms with van der Waals surface area (Å²) in [5, 5.41) is 5.83. The zero-order chi connectivity index (χ0) is 16.8. The van der Waals surface area contributed by atoms with Crippen molar-refractivity contribution in [3.05, 3.63) is 54.6 Å². The normalized spacial score (nSPS) is 17.5. The molecule has 24 heavy (non-hydrogen) atoms. The van der Waals surface area contributed by atoms with E-state index >= 15 is 0 Å². The first-order valence-electron chi connectivity index (χ1n) is 8.26. The molecule has 0 aromatic heterocycles. The Kier molecular flexibility index (Phi) is 5.33. The summed E-state index contributed by atoms with van der Waals surface area (Å²) in [4.78, 5) is 14.4. The van der Waals surface area contributed by atoms with Crippen LogP contribution in [0.4, 0.5) is 10.5 Å². The van der Waals surface area contributed by atoms with Crippen molar-refractivity contribution in [2.45, 2.75) is 6.42 Å². The van der Waals surface area contributed by atoms with E-state index in [1.54, 1.807) is 0 Å². The van der Waals surface area contributed by atoms with Gasteiger partial charge in [0.05, 0.1) is 5.69 Å². The Labute approximate surface area is 142 Å². The fourth-order valence-electron chi connectivity index (χ4n) is 2.87.